The van der Waals surface area contributed by atoms with Gasteiger partial charge in [0.1, 0.15) is 30.3 Å². The molecule has 0 aromatic heterocycles. The molecule has 0 aliphatic carbocycles. The van der Waals surface area contributed by atoms with Crippen molar-refractivity contribution < 1.29 is 48.1 Å². The lowest BCUT2D eigenvalue weighted by atomic mass is 9.86. The van der Waals surface area contributed by atoms with Crippen LogP contribution in [0, 0.1) is 23.7 Å². The molecular formula is C45H71N5O10. The van der Waals surface area contributed by atoms with E-state index in [1.165, 1.54) is 62.7 Å². The molecule has 1 heterocycles. The van der Waals surface area contributed by atoms with Gasteiger partial charge in [0.15, 0.2) is 6.10 Å². The maximum absolute atomic E-state index is 14.2. The van der Waals surface area contributed by atoms with E-state index in [0.29, 0.717) is 19.3 Å². The lowest BCUT2D eigenvalue weighted by Gasteiger charge is -2.35. The predicted molar refractivity (Wildman–Crippen MR) is 228 cm³/mol. The number of hydrogen-bond donors (Lipinski definition) is 3. The first-order valence-corrected chi connectivity index (χ1v) is 21.3. The summed E-state index contributed by atoms with van der Waals surface area (Å²) in [6.45, 7) is 16.9. The molecule has 0 saturated carbocycles. The van der Waals surface area contributed by atoms with Crippen LogP contribution in [-0.2, 0) is 49.5 Å². The van der Waals surface area contributed by atoms with Crippen molar-refractivity contribution in [3.8, 4) is 0 Å². The number of carbonyl (C=O) groups excluding carboxylic acids is 7. The first kappa shape index (κ1) is 51.4. The summed E-state index contributed by atoms with van der Waals surface area (Å²) in [5, 5.41) is 16.8. The van der Waals surface area contributed by atoms with E-state index in [4.69, 9.17) is 9.47 Å². The van der Waals surface area contributed by atoms with Gasteiger partial charge < -0.3 is 39.9 Å². The maximum atomic E-state index is 14.2. The summed E-state index contributed by atoms with van der Waals surface area (Å²) in [5.74, 6) is -6.06. The Morgan fingerprint density at radius 1 is 0.767 bits per heavy atom. The van der Waals surface area contributed by atoms with Gasteiger partial charge in [0.25, 0.3) is 5.91 Å². The van der Waals surface area contributed by atoms with Crippen LogP contribution in [0.2, 0.25) is 0 Å². The molecule has 1 aromatic carbocycles. The summed E-state index contributed by atoms with van der Waals surface area (Å²) in [6, 6.07) is 4.67. The van der Waals surface area contributed by atoms with Crippen LogP contribution in [-0.4, -0.2) is 131 Å². The minimum atomic E-state index is -1.26. The van der Waals surface area contributed by atoms with Crippen LogP contribution in [0.3, 0.4) is 0 Å². The molecule has 3 N–H and O–H groups in total. The lowest BCUT2D eigenvalue weighted by Crippen LogP contribution is -2.58. The van der Waals surface area contributed by atoms with Crippen molar-refractivity contribution in [2.75, 3.05) is 27.7 Å². The molecule has 11 atom stereocenters. The molecule has 1 aliphatic heterocycles. The number of ether oxygens (including phenoxy) is 2. The Kier molecular flexibility index (Phi) is 20.4. The van der Waals surface area contributed by atoms with Crippen LogP contribution in [0.4, 0.5) is 0 Å². The number of likely N-dealkylation sites (N-methyl/N-ethyl adjacent to an activating group) is 3. The summed E-state index contributed by atoms with van der Waals surface area (Å²) in [7, 11) is 4.33. The van der Waals surface area contributed by atoms with E-state index in [-0.39, 0.29) is 30.3 Å². The zero-order valence-corrected chi connectivity index (χ0v) is 38.0. The average Bonchev–Trinajstić information content (AvgIpc) is 3.24. The molecule has 5 amide bonds. The number of carbonyl (C=O) groups is 7. The highest BCUT2D eigenvalue weighted by Gasteiger charge is 2.39. The summed E-state index contributed by atoms with van der Waals surface area (Å²) >= 11 is 0. The van der Waals surface area contributed by atoms with Crippen LogP contribution in [0.15, 0.2) is 42.0 Å². The van der Waals surface area contributed by atoms with Gasteiger partial charge in [0.05, 0.1) is 12.6 Å². The van der Waals surface area contributed by atoms with E-state index in [0.717, 1.165) is 5.56 Å². The monoisotopic (exact) mass is 842 g/mol. The van der Waals surface area contributed by atoms with Gasteiger partial charge in [-0.3, -0.25) is 24.0 Å². The largest absolute Gasteiger partial charge is 0.460 e. The smallest absolute Gasteiger partial charge is 0.334 e. The van der Waals surface area contributed by atoms with E-state index in [1.807, 2.05) is 45.9 Å². The van der Waals surface area contributed by atoms with Crippen LogP contribution in [0.5, 0.6) is 0 Å². The number of esters is 2. The molecule has 0 spiro atoms. The van der Waals surface area contributed by atoms with E-state index >= 15 is 0 Å². The SMILES string of the molecule is CC[C@H](C)[C@@H]1OC(=O)[C@H](C)N(C)C(=O)[C@H]([C@@H](C)CC)NC(=O)CN(C)C(=O)[C@@H](Cc2ccccc2)N(C)C(=O)[C@H](C)NC(=O)[C@@H]([C@@H](C)CC)OC(=O)/C(C)=C/C[C@H](O)[C@@H]1C. The number of amides is 5. The van der Waals surface area contributed by atoms with Crippen molar-refractivity contribution >= 4 is 41.5 Å². The maximum Gasteiger partial charge on any atom is 0.334 e. The van der Waals surface area contributed by atoms with Crippen LogP contribution in [0.25, 0.3) is 0 Å². The Morgan fingerprint density at radius 3 is 1.92 bits per heavy atom. The molecule has 2 rings (SSSR count). The minimum absolute atomic E-state index is 0.00688. The number of hydrogen-bond acceptors (Lipinski definition) is 10. The third kappa shape index (κ3) is 13.9. The highest BCUT2D eigenvalue weighted by Crippen LogP contribution is 2.26. The Bertz CT molecular complexity index is 1670. The number of nitrogens with one attached hydrogen (secondary N) is 2. The third-order valence-electron chi connectivity index (χ3n) is 12.1. The molecule has 336 valence electrons. The van der Waals surface area contributed by atoms with Crippen LogP contribution >= 0.6 is 0 Å². The number of aliphatic hydroxyl groups is 1. The Balaban J connectivity index is 2.66. The van der Waals surface area contributed by atoms with Gasteiger partial charge in [-0.25, -0.2) is 9.59 Å². The second kappa shape index (κ2) is 23.9. The number of rotatable bonds is 8. The topological polar surface area (TPSA) is 192 Å². The van der Waals surface area contributed by atoms with E-state index < -0.39 is 102 Å². The highest BCUT2D eigenvalue weighted by molar-refractivity contribution is 5.96. The molecule has 15 nitrogen and oxygen atoms in total. The van der Waals surface area contributed by atoms with Crippen molar-refractivity contribution in [3.05, 3.63) is 47.5 Å². The van der Waals surface area contributed by atoms with E-state index in [1.54, 1.807) is 32.9 Å². The Hall–Kier alpha value is -4.79. The van der Waals surface area contributed by atoms with E-state index in [9.17, 15) is 38.7 Å². The van der Waals surface area contributed by atoms with Gasteiger partial charge in [-0.1, -0.05) is 97.7 Å². The fourth-order valence-electron chi connectivity index (χ4n) is 6.93. The number of aliphatic hydroxyl groups excluding tert-OH is 1. The minimum Gasteiger partial charge on any atom is -0.460 e. The first-order valence-electron chi connectivity index (χ1n) is 21.3. The van der Waals surface area contributed by atoms with Gasteiger partial charge in [-0.05, 0) is 51.0 Å². The second-order valence-electron chi connectivity index (χ2n) is 16.7. The number of nitrogens with zero attached hydrogens (tertiary/aromatic N) is 3. The van der Waals surface area contributed by atoms with Crippen molar-refractivity contribution in [2.24, 2.45) is 23.7 Å². The van der Waals surface area contributed by atoms with Gasteiger partial charge in [0, 0.05) is 45.0 Å². The molecule has 0 unspecified atom stereocenters. The highest BCUT2D eigenvalue weighted by atomic mass is 16.6. The average molecular weight is 842 g/mol. The second-order valence-corrected chi connectivity index (χ2v) is 16.7. The summed E-state index contributed by atoms with van der Waals surface area (Å²) in [5.41, 5.74) is 0.889. The lowest BCUT2D eigenvalue weighted by molar-refractivity contribution is -0.166. The van der Waals surface area contributed by atoms with Crippen LogP contribution in [0.1, 0.15) is 100 Å². The standard InChI is InChI=1S/C45H71N5O10/c1-14-26(4)37-43(56)49(12)32(10)45(58)59-38(27(5)15-2)30(8)35(51)23-22-29(7)44(57)60-39(28(6)16-3)40(53)46-31(9)41(54)50(13)34(24-33-20-18-17-19-21-33)42(55)48(11)25-36(52)47-37/h17-22,26-28,30-32,34-35,37-39,51H,14-16,23-25H2,1-13H3,(H,46,53)(H,47,52)/b29-22+/t26-,27-,28-,30-,31-,32-,34+,35-,37-,38-,39+/m0/s1. The zero-order chi connectivity index (χ0) is 45.6. The quantitative estimate of drug-likeness (QED) is 0.326. The Labute approximate surface area is 356 Å². The normalized spacial score (nSPS) is 29.4. The van der Waals surface area contributed by atoms with Crippen molar-refractivity contribution in [2.45, 2.75) is 144 Å². The summed E-state index contributed by atoms with van der Waals surface area (Å²) in [4.78, 5) is 100. The third-order valence-corrected chi connectivity index (χ3v) is 12.1. The van der Waals surface area contributed by atoms with Crippen molar-refractivity contribution in [3.63, 3.8) is 0 Å². The van der Waals surface area contributed by atoms with E-state index in [2.05, 4.69) is 10.6 Å². The molecular weight excluding hydrogens is 771 g/mol. The van der Waals surface area contributed by atoms with Gasteiger partial charge in [0.2, 0.25) is 23.6 Å². The molecule has 0 fully saturated rings. The molecule has 60 heavy (non-hydrogen) atoms. The molecule has 1 aromatic rings. The fraction of sp³-hybridized carbons (Fsp3) is 0.667. The molecule has 1 aliphatic rings. The van der Waals surface area contributed by atoms with Crippen molar-refractivity contribution in [1.82, 2.24) is 25.3 Å². The van der Waals surface area contributed by atoms with Crippen molar-refractivity contribution in [1.29, 1.82) is 0 Å². The molecule has 0 radical (unpaired) electrons. The molecule has 0 bridgehead atoms. The number of benzene rings is 1. The zero-order valence-electron chi connectivity index (χ0n) is 38.0. The molecule has 15 heteroatoms. The number of cyclic esters (lactones) is 2. The summed E-state index contributed by atoms with van der Waals surface area (Å²) < 4.78 is 11.8. The van der Waals surface area contributed by atoms with Gasteiger partial charge in [-0.2, -0.15) is 0 Å². The van der Waals surface area contributed by atoms with Gasteiger partial charge >= 0.3 is 11.9 Å². The van der Waals surface area contributed by atoms with Gasteiger partial charge in [-0.15, -0.1) is 0 Å². The summed E-state index contributed by atoms with van der Waals surface area (Å²) in [6.07, 6.45) is 0.128. The fourth-order valence-corrected chi connectivity index (χ4v) is 6.93. The molecule has 0 saturated heterocycles. The predicted octanol–water partition coefficient (Wildman–Crippen LogP) is 3.66. The van der Waals surface area contributed by atoms with Crippen LogP contribution < -0.4 is 10.6 Å². The Morgan fingerprint density at radius 2 is 1.35 bits per heavy atom. The first-order chi connectivity index (χ1) is 28.1.